The Morgan fingerprint density at radius 1 is 1.14 bits per heavy atom. The molecule has 3 aromatic rings. The zero-order chi connectivity index (χ0) is 15.9. The second-order valence-corrected chi connectivity index (χ2v) is 4.66. The third-order valence-corrected chi connectivity index (χ3v) is 3.50. The molecule has 0 saturated carbocycles. The van der Waals surface area contributed by atoms with Crippen LogP contribution < -0.4 is 0 Å². The first-order valence-corrected chi connectivity index (χ1v) is 6.43. The normalized spacial score (nSPS) is 10.6. The lowest BCUT2D eigenvalue weighted by Gasteiger charge is -2.11. The van der Waals surface area contributed by atoms with E-state index >= 15 is 0 Å². The summed E-state index contributed by atoms with van der Waals surface area (Å²) in [6.45, 7) is 3.65. The molecule has 3 nitrogen and oxygen atoms in total. The molecule has 22 heavy (non-hydrogen) atoms. The molecule has 0 atom stereocenters. The van der Waals surface area contributed by atoms with Gasteiger partial charge in [-0.3, -0.25) is 0 Å². The number of para-hydroxylation sites is 1. The molecule has 0 aliphatic carbocycles. The number of fused-ring (bicyclic) bond motifs is 1. The second-order valence-electron chi connectivity index (χ2n) is 4.66. The SMILES string of the molecule is C=Cc1c(C#N)c2ccccc2n1-c1ccc(O)c(F)c1F. The zero-order valence-electron chi connectivity index (χ0n) is 11.3. The van der Waals surface area contributed by atoms with Crippen LogP contribution in [0, 0.1) is 23.0 Å². The lowest BCUT2D eigenvalue weighted by Crippen LogP contribution is -2.02. The molecule has 0 spiro atoms. The van der Waals surface area contributed by atoms with Crippen LogP contribution in [0.25, 0.3) is 22.7 Å². The summed E-state index contributed by atoms with van der Waals surface area (Å²) < 4.78 is 29.3. The third kappa shape index (κ3) is 1.78. The van der Waals surface area contributed by atoms with E-state index in [9.17, 15) is 19.1 Å². The van der Waals surface area contributed by atoms with E-state index in [2.05, 4.69) is 12.6 Å². The van der Waals surface area contributed by atoms with E-state index < -0.39 is 17.4 Å². The molecule has 3 rings (SSSR count). The van der Waals surface area contributed by atoms with Crippen LogP contribution in [0.1, 0.15) is 11.3 Å². The first kappa shape index (κ1) is 13.8. The summed E-state index contributed by atoms with van der Waals surface area (Å²) in [7, 11) is 0. The van der Waals surface area contributed by atoms with Gasteiger partial charge in [-0.15, -0.1) is 0 Å². The number of phenols is 1. The van der Waals surface area contributed by atoms with Gasteiger partial charge in [0.05, 0.1) is 22.5 Å². The number of halogens is 2. The van der Waals surface area contributed by atoms with Crippen molar-refractivity contribution in [1.29, 1.82) is 5.26 Å². The average molecular weight is 296 g/mol. The second kappa shape index (κ2) is 5.01. The van der Waals surface area contributed by atoms with Crippen LogP contribution in [0.15, 0.2) is 43.0 Å². The predicted octanol–water partition coefficient (Wildman–Crippen LogP) is 4.13. The Balaban J connectivity index is 2.49. The summed E-state index contributed by atoms with van der Waals surface area (Å²) in [5, 5.41) is 19.2. The van der Waals surface area contributed by atoms with Crippen molar-refractivity contribution in [2.75, 3.05) is 0 Å². The standard InChI is InChI=1S/C17H10F2N2O/c1-2-12-11(9-20)10-5-3-4-6-13(10)21(12)14-7-8-15(22)17(19)16(14)18/h2-8,22H,1H2. The minimum absolute atomic E-state index is 0.0945. The molecular formula is C17H10F2N2O. The Labute approximate surface area is 125 Å². The first-order valence-electron chi connectivity index (χ1n) is 6.43. The lowest BCUT2D eigenvalue weighted by atomic mass is 10.1. The molecule has 0 saturated heterocycles. The summed E-state index contributed by atoms with van der Waals surface area (Å²) in [6, 6.07) is 11.3. The van der Waals surface area contributed by atoms with E-state index in [4.69, 9.17) is 0 Å². The summed E-state index contributed by atoms with van der Waals surface area (Å²) in [6.07, 6.45) is 1.42. The molecule has 1 aromatic heterocycles. The van der Waals surface area contributed by atoms with Gasteiger partial charge in [-0.05, 0) is 24.3 Å². The summed E-state index contributed by atoms with van der Waals surface area (Å²) in [5.74, 6) is -3.28. The van der Waals surface area contributed by atoms with Crippen LogP contribution in [0.3, 0.4) is 0 Å². The zero-order valence-corrected chi connectivity index (χ0v) is 11.3. The van der Waals surface area contributed by atoms with Crippen molar-refractivity contribution >= 4 is 17.0 Å². The van der Waals surface area contributed by atoms with Crippen molar-refractivity contribution in [1.82, 2.24) is 4.57 Å². The van der Waals surface area contributed by atoms with Gasteiger partial charge in [0, 0.05) is 5.39 Å². The highest BCUT2D eigenvalue weighted by Crippen LogP contribution is 2.33. The van der Waals surface area contributed by atoms with Gasteiger partial charge in [0.25, 0.3) is 0 Å². The molecule has 0 bridgehead atoms. The Bertz CT molecular complexity index is 951. The van der Waals surface area contributed by atoms with E-state index in [-0.39, 0.29) is 5.69 Å². The fourth-order valence-electron chi connectivity index (χ4n) is 2.53. The largest absolute Gasteiger partial charge is 0.505 e. The highest BCUT2D eigenvalue weighted by atomic mass is 19.2. The minimum atomic E-state index is -1.33. The van der Waals surface area contributed by atoms with E-state index in [1.807, 2.05) is 0 Å². The van der Waals surface area contributed by atoms with Gasteiger partial charge < -0.3 is 9.67 Å². The predicted molar refractivity (Wildman–Crippen MR) is 79.7 cm³/mol. The van der Waals surface area contributed by atoms with Gasteiger partial charge in [0.15, 0.2) is 11.6 Å². The highest BCUT2D eigenvalue weighted by molar-refractivity contribution is 5.92. The van der Waals surface area contributed by atoms with Gasteiger partial charge in [-0.2, -0.15) is 9.65 Å². The number of rotatable bonds is 2. The number of aromatic nitrogens is 1. The number of phenolic OH excluding ortho intramolecular Hbond substituents is 1. The fourth-order valence-corrected chi connectivity index (χ4v) is 2.53. The molecule has 2 aromatic carbocycles. The van der Waals surface area contributed by atoms with Gasteiger partial charge in [-0.25, -0.2) is 4.39 Å². The third-order valence-electron chi connectivity index (χ3n) is 3.50. The number of hydrogen-bond acceptors (Lipinski definition) is 2. The van der Waals surface area contributed by atoms with Gasteiger partial charge in [-0.1, -0.05) is 24.8 Å². The van der Waals surface area contributed by atoms with Crippen molar-refractivity contribution in [2.24, 2.45) is 0 Å². The Morgan fingerprint density at radius 3 is 2.55 bits per heavy atom. The summed E-state index contributed by atoms with van der Waals surface area (Å²) >= 11 is 0. The van der Waals surface area contributed by atoms with Crippen LogP contribution in [-0.4, -0.2) is 9.67 Å². The quantitative estimate of drug-likeness (QED) is 0.773. The van der Waals surface area contributed by atoms with Crippen LogP contribution in [0.4, 0.5) is 8.78 Å². The van der Waals surface area contributed by atoms with Gasteiger partial charge in [0.2, 0.25) is 5.82 Å². The molecule has 0 unspecified atom stereocenters. The van der Waals surface area contributed by atoms with E-state index in [1.165, 1.54) is 16.7 Å². The molecule has 0 aliphatic rings. The summed E-state index contributed by atoms with van der Waals surface area (Å²) in [5.41, 5.74) is 1.16. The van der Waals surface area contributed by atoms with Crippen molar-refractivity contribution in [3.63, 3.8) is 0 Å². The molecule has 0 aliphatic heterocycles. The molecular weight excluding hydrogens is 286 g/mol. The van der Waals surface area contributed by atoms with E-state index in [0.29, 0.717) is 22.2 Å². The number of nitriles is 1. The summed E-state index contributed by atoms with van der Waals surface area (Å²) in [4.78, 5) is 0. The maximum absolute atomic E-state index is 14.2. The van der Waals surface area contributed by atoms with Crippen LogP contribution in [0.2, 0.25) is 0 Å². The van der Waals surface area contributed by atoms with Crippen molar-refractivity contribution in [3.8, 4) is 17.5 Å². The number of hydrogen-bond donors (Lipinski definition) is 1. The van der Waals surface area contributed by atoms with Crippen molar-refractivity contribution in [2.45, 2.75) is 0 Å². The Kier molecular flexibility index (Phi) is 3.15. The van der Waals surface area contributed by atoms with Crippen molar-refractivity contribution < 1.29 is 13.9 Å². The monoisotopic (exact) mass is 296 g/mol. The van der Waals surface area contributed by atoms with Crippen molar-refractivity contribution in [3.05, 3.63) is 65.9 Å². The van der Waals surface area contributed by atoms with E-state index in [0.717, 1.165) is 6.07 Å². The molecule has 108 valence electrons. The average Bonchev–Trinajstić information content (AvgIpc) is 2.86. The van der Waals surface area contributed by atoms with E-state index in [1.54, 1.807) is 24.3 Å². The fraction of sp³-hybridized carbons (Fsp3) is 0. The molecule has 0 amide bonds. The number of nitrogens with zero attached hydrogens (tertiary/aromatic N) is 2. The van der Waals surface area contributed by atoms with Crippen LogP contribution in [0.5, 0.6) is 5.75 Å². The lowest BCUT2D eigenvalue weighted by molar-refractivity contribution is 0.406. The minimum Gasteiger partial charge on any atom is -0.505 e. The highest BCUT2D eigenvalue weighted by Gasteiger charge is 2.21. The molecule has 1 heterocycles. The molecule has 1 N–H and O–H groups in total. The maximum atomic E-state index is 14.2. The molecule has 0 fully saturated rings. The molecule has 5 heteroatoms. The van der Waals surface area contributed by atoms with Crippen LogP contribution >= 0.6 is 0 Å². The smallest absolute Gasteiger partial charge is 0.202 e. The maximum Gasteiger partial charge on any atom is 0.202 e. The van der Waals surface area contributed by atoms with Gasteiger partial charge in [0.1, 0.15) is 6.07 Å². The molecule has 0 radical (unpaired) electrons. The van der Waals surface area contributed by atoms with Gasteiger partial charge >= 0.3 is 0 Å². The Morgan fingerprint density at radius 2 is 1.86 bits per heavy atom. The van der Waals surface area contributed by atoms with Crippen LogP contribution in [-0.2, 0) is 0 Å². The number of aromatic hydroxyl groups is 1. The number of benzene rings is 2. The topological polar surface area (TPSA) is 49.0 Å². The first-order chi connectivity index (χ1) is 10.6. The Hall–Kier alpha value is -3.13.